The number of imidazole rings is 1. The first-order chi connectivity index (χ1) is 19.4. The number of halogens is 3. The highest BCUT2D eigenvalue weighted by atomic mass is 19.4. The summed E-state index contributed by atoms with van der Waals surface area (Å²) in [5.41, 5.74) is 4.67. The SMILES string of the molecule is O=C(c1ccccc1)N1CCN(Cc2c(-c3ccccc3)nc3ccc(-c4cccc(C(F)(F)F)c4)cn23)CC1. The van der Waals surface area contributed by atoms with E-state index in [2.05, 4.69) is 4.90 Å². The number of hydrogen-bond acceptors (Lipinski definition) is 3. The van der Waals surface area contributed by atoms with Crippen molar-refractivity contribution < 1.29 is 18.0 Å². The van der Waals surface area contributed by atoms with Crippen molar-refractivity contribution in [2.75, 3.05) is 26.2 Å². The number of pyridine rings is 1. The number of nitrogens with zero attached hydrogens (tertiary/aromatic N) is 4. The van der Waals surface area contributed by atoms with E-state index in [0.717, 1.165) is 28.7 Å². The fourth-order valence-electron chi connectivity index (χ4n) is 5.20. The molecule has 0 saturated carbocycles. The van der Waals surface area contributed by atoms with Crippen molar-refractivity contribution in [3.8, 4) is 22.4 Å². The molecule has 1 saturated heterocycles. The summed E-state index contributed by atoms with van der Waals surface area (Å²) in [5.74, 6) is 0.0331. The van der Waals surface area contributed by atoms with Crippen LogP contribution in [0.3, 0.4) is 0 Å². The maximum absolute atomic E-state index is 13.4. The van der Waals surface area contributed by atoms with Crippen LogP contribution in [0.4, 0.5) is 13.2 Å². The highest BCUT2D eigenvalue weighted by Gasteiger charge is 2.30. The van der Waals surface area contributed by atoms with Crippen LogP contribution in [0.1, 0.15) is 21.6 Å². The Kier molecular flexibility index (Phi) is 6.86. The zero-order chi connectivity index (χ0) is 27.7. The predicted molar refractivity (Wildman–Crippen MR) is 149 cm³/mol. The summed E-state index contributed by atoms with van der Waals surface area (Å²) in [6, 6.07) is 28.2. The van der Waals surface area contributed by atoms with Crippen LogP contribution in [0.25, 0.3) is 28.0 Å². The van der Waals surface area contributed by atoms with E-state index in [0.29, 0.717) is 49.4 Å². The maximum atomic E-state index is 13.4. The lowest BCUT2D eigenvalue weighted by Crippen LogP contribution is -2.48. The van der Waals surface area contributed by atoms with Crippen LogP contribution in [0.2, 0.25) is 0 Å². The number of benzene rings is 3. The van der Waals surface area contributed by atoms with Crippen LogP contribution >= 0.6 is 0 Å². The van der Waals surface area contributed by atoms with Gasteiger partial charge in [-0.15, -0.1) is 0 Å². The molecule has 5 nitrogen and oxygen atoms in total. The first kappa shape index (κ1) is 25.8. The first-order valence-electron chi connectivity index (χ1n) is 13.2. The third-order valence-electron chi connectivity index (χ3n) is 7.34. The molecule has 0 spiro atoms. The smallest absolute Gasteiger partial charge is 0.336 e. The number of fused-ring (bicyclic) bond motifs is 1. The predicted octanol–water partition coefficient (Wildman–Crippen LogP) is 6.65. The molecule has 3 aromatic carbocycles. The quantitative estimate of drug-likeness (QED) is 0.251. The second kappa shape index (κ2) is 10.6. The Balaban J connectivity index is 1.31. The number of rotatable bonds is 5. The van der Waals surface area contributed by atoms with E-state index in [-0.39, 0.29) is 5.91 Å². The summed E-state index contributed by atoms with van der Waals surface area (Å²) < 4.78 is 42.1. The van der Waals surface area contributed by atoms with Crippen molar-refractivity contribution >= 4 is 11.6 Å². The van der Waals surface area contributed by atoms with Gasteiger partial charge in [-0.25, -0.2) is 4.98 Å². The van der Waals surface area contributed by atoms with Gasteiger partial charge in [0.1, 0.15) is 5.65 Å². The molecular formula is C32H27F3N4O. The Hall–Kier alpha value is -4.43. The second-order valence-electron chi connectivity index (χ2n) is 9.93. The third kappa shape index (κ3) is 5.22. The van der Waals surface area contributed by atoms with Gasteiger partial charge in [-0.2, -0.15) is 13.2 Å². The van der Waals surface area contributed by atoms with Crippen molar-refractivity contribution in [2.45, 2.75) is 12.7 Å². The largest absolute Gasteiger partial charge is 0.416 e. The van der Waals surface area contributed by atoms with E-state index in [1.807, 2.05) is 88.3 Å². The van der Waals surface area contributed by atoms with Crippen LogP contribution < -0.4 is 0 Å². The van der Waals surface area contributed by atoms with E-state index in [1.165, 1.54) is 12.1 Å². The van der Waals surface area contributed by atoms with Crippen LogP contribution in [-0.4, -0.2) is 51.3 Å². The van der Waals surface area contributed by atoms with Gasteiger partial charge in [-0.1, -0.05) is 60.7 Å². The lowest BCUT2D eigenvalue weighted by atomic mass is 10.0. The normalized spacial score (nSPS) is 14.5. The molecule has 202 valence electrons. The maximum Gasteiger partial charge on any atom is 0.416 e. The zero-order valence-corrected chi connectivity index (χ0v) is 21.7. The molecule has 0 atom stereocenters. The second-order valence-corrected chi connectivity index (χ2v) is 9.93. The van der Waals surface area contributed by atoms with E-state index in [4.69, 9.17) is 4.98 Å². The topological polar surface area (TPSA) is 40.9 Å². The first-order valence-corrected chi connectivity index (χ1v) is 13.2. The molecule has 2 aromatic heterocycles. The average Bonchev–Trinajstić information content (AvgIpc) is 3.35. The Morgan fingerprint density at radius 2 is 1.43 bits per heavy atom. The van der Waals surface area contributed by atoms with Gasteiger partial charge in [0, 0.05) is 50.0 Å². The molecule has 0 aliphatic carbocycles. The van der Waals surface area contributed by atoms with Gasteiger partial charge >= 0.3 is 6.18 Å². The fourth-order valence-corrected chi connectivity index (χ4v) is 5.20. The Morgan fingerprint density at radius 1 is 0.750 bits per heavy atom. The lowest BCUT2D eigenvalue weighted by Gasteiger charge is -2.34. The number of piperazine rings is 1. The molecule has 6 rings (SSSR count). The molecule has 3 heterocycles. The monoisotopic (exact) mass is 540 g/mol. The number of aromatic nitrogens is 2. The molecule has 0 N–H and O–H groups in total. The van der Waals surface area contributed by atoms with E-state index < -0.39 is 11.7 Å². The number of carbonyl (C=O) groups excluding carboxylic acids is 1. The lowest BCUT2D eigenvalue weighted by molar-refractivity contribution is -0.137. The summed E-state index contributed by atoms with van der Waals surface area (Å²) >= 11 is 0. The van der Waals surface area contributed by atoms with Crippen molar-refractivity contribution in [3.05, 3.63) is 120 Å². The molecular weight excluding hydrogens is 513 g/mol. The minimum atomic E-state index is -4.41. The minimum Gasteiger partial charge on any atom is -0.336 e. The van der Waals surface area contributed by atoms with Gasteiger partial charge in [-0.3, -0.25) is 9.69 Å². The van der Waals surface area contributed by atoms with Gasteiger partial charge in [0.05, 0.1) is 17.0 Å². The Labute approximate surface area is 230 Å². The molecule has 5 aromatic rings. The third-order valence-corrected chi connectivity index (χ3v) is 7.34. The summed E-state index contributed by atoms with van der Waals surface area (Å²) in [4.78, 5) is 22.0. The van der Waals surface area contributed by atoms with Gasteiger partial charge in [-0.05, 0) is 47.5 Å². The van der Waals surface area contributed by atoms with Crippen LogP contribution in [-0.2, 0) is 12.7 Å². The molecule has 1 aliphatic heterocycles. The van der Waals surface area contributed by atoms with E-state index >= 15 is 0 Å². The molecule has 0 unspecified atom stereocenters. The van der Waals surface area contributed by atoms with Gasteiger partial charge in [0.25, 0.3) is 5.91 Å². The van der Waals surface area contributed by atoms with Crippen LogP contribution in [0.15, 0.2) is 103 Å². The molecule has 8 heteroatoms. The molecule has 1 aliphatic rings. The van der Waals surface area contributed by atoms with E-state index in [1.54, 1.807) is 6.07 Å². The van der Waals surface area contributed by atoms with Gasteiger partial charge in [0.15, 0.2) is 0 Å². The van der Waals surface area contributed by atoms with Gasteiger partial charge < -0.3 is 9.30 Å². The van der Waals surface area contributed by atoms with Crippen molar-refractivity contribution in [3.63, 3.8) is 0 Å². The average molecular weight is 541 g/mol. The number of amides is 1. The van der Waals surface area contributed by atoms with Crippen LogP contribution in [0.5, 0.6) is 0 Å². The molecule has 1 fully saturated rings. The van der Waals surface area contributed by atoms with Gasteiger partial charge in [0.2, 0.25) is 0 Å². The molecule has 1 amide bonds. The minimum absolute atomic E-state index is 0.0331. The summed E-state index contributed by atoms with van der Waals surface area (Å²) in [7, 11) is 0. The van der Waals surface area contributed by atoms with Crippen molar-refractivity contribution in [2.24, 2.45) is 0 Å². The van der Waals surface area contributed by atoms with Crippen molar-refractivity contribution in [1.29, 1.82) is 0 Å². The molecule has 0 radical (unpaired) electrons. The highest BCUT2D eigenvalue weighted by molar-refractivity contribution is 5.94. The van der Waals surface area contributed by atoms with Crippen LogP contribution in [0, 0.1) is 0 Å². The van der Waals surface area contributed by atoms with E-state index in [9.17, 15) is 18.0 Å². The standard InChI is InChI=1S/C32H27F3N4O/c33-32(34,35)27-13-7-12-25(20-27)26-14-15-29-36-30(23-8-3-1-4-9-23)28(39(29)21-26)22-37-16-18-38(19-17-37)31(40)24-10-5-2-6-11-24/h1-15,20-21H,16-19,22H2. The Bertz CT molecular complexity index is 1640. The zero-order valence-electron chi connectivity index (χ0n) is 21.7. The summed E-state index contributed by atoms with van der Waals surface area (Å²) in [6.45, 7) is 3.22. The molecule has 40 heavy (non-hydrogen) atoms. The highest BCUT2D eigenvalue weighted by Crippen LogP contribution is 2.33. The number of hydrogen-bond donors (Lipinski definition) is 0. The fraction of sp³-hybridized carbons (Fsp3) is 0.188. The Morgan fingerprint density at radius 3 is 2.12 bits per heavy atom. The van der Waals surface area contributed by atoms with Crippen molar-refractivity contribution in [1.82, 2.24) is 19.2 Å². The summed E-state index contributed by atoms with van der Waals surface area (Å²) in [5, 5.41) is 0. The summed E-state index contributed by atoms with van der Waals surface area (Å²) in [6.07, 6.45) is -2.54. The number of alkyl halides is 3. The molecule has 0 bridgehead atoms. The number of carbonyl (C=O) groups is 1.